The first kappa shape index (κ1) is 17.9. The number of benzene rings is 2. The molecule has 0 radical (unpaired) electrons. The number of hydrogen-bond acceptors (Lipinski definition) is 2. The molecule has 1 amide bonds. The highest BCUT2D eigenvalue weighted by Crippen LogP contribution is 2.33. The number of amides is 1. The largest absolute Gasteiger partial charge is 0.345 e. The van der Waals surface area contributed by atoms with Gasteiger partial charge in [0.05, 0.1) is 6.04 Å². The molecule has 2 aromatic carbocycles. The van der Waals surface area contributed by atoms with E-state index in [0.29, 0.717) is 12.0 Å². The molecule has 130 valence electrons. The maximum atomic E-state index is 12.7. The van der Waals surface area contributed by atoms with Crippen LogP contribution >= 0.6 is 15.9 Å². The van der Waals surface area contributed by atoms with Crippen molar-refractivity contribution in [2.45, 2.75) is 38.6 Å². The molecule has 1 fully saturated rings. The standard InChI is InChI=1S/C21H22BrNO2/c1-14-6-8-16(9-7-14)21(25)23-20(15-10-12-17(22)13-11-15)18-4-2-3-5-19(18)24/h6-13,18,20H,2-5H2,1H3,(H,23,25). The Labute approximate surface area is 157 Å². The summed E-state index contributed by atoms with van der Waals surface area (Å²) in [7, 11) is 0. The van der Waals surface area contributed by atoms with E-state index in [2.05, 4.69) is 21.2 Å². The molecular formula is C21H22BrNO2. The fourth-order valence-corrected chi connectivity index (χ4v) is 3.64. The summed E-state index contributed by atoms with van der Waals surface area (Å²) in [4.78, 5) is 25.2. The van der Waals surface area contributed by atoms with Crippen molar-refractivity contribution in [1.29, 1.82) is 0 Å². The van der Waals surface area contributed by atoms with E-state index in [4.69, 9.17) is 0 Å². The maximum absolute atomic E-state index is 12.7. The second kappa shape index (κ2) is 7.96. The number of ketones is 1. The minimum atomic E-state index is -0.283. The van der Waals surface area contributed by atoms with Crippen molar-refractivity contribution in [2.75, 3.05) is 0 Å². The number of nitrogens with one attached hydrogen (secondary N) is 1. The molecule has 0 aliphatic heterocycles. The van der Waals surface area contributed by atoms with Gasteiger partial charge in [0.25, 0.3) is 5.91 Å². The second-order valence-electron chi connectivity index (χ2n) is 6.69. The van der Waals surface area contributed by atoms with Crippen molar-refractivity contribution >= 4 is 27.6 Å². The average Bonchev–Trinajstić information content (AvgIpc) is 2.62. The maximum Gasteiger partial charge on any atom is 0.251 e. The number of carbonyl (C=O) groups is 2. The summed E-state index contributed by atoms with van der Waals surface area (Å²) in [6.07, 6.45) is 3.42. The number of carbonyl (C=O) groups excluding carboxylic acids is 2. The molecule has 2 unspecified atom stereocenters. The highest BCUT2D eigenvalue weighted by atomic mass is 79.9. The SMILES string of the molecule is Cc1ccc(C(=O)NC(c2ccc(Br)cc2)C2CCCCC2=O)cc1. The number of halogens is 1. The van der Waals surface area contributed by atoms with Crippen LogP contribution in [0.15, 0.2) is 53.0 Å². The first-order valence-corrected chi connectivity index (χ1v) is 9.49. The Bertz CT molecular complexity index is 752. The number of rotatable bonds is 4. The van der Waals surface area contributed by atoms with Crippen LogP contribution in [0.4, 0.5) is 0 Å². The van der Waals surface area contributed by atoms with E-state index in [1.807, 2.05) is 55.5 Å². The summed E-state index contributed by atoms with van der Waals surface area (Å²) in [5.41, 5.74) is 2.71. The van der Waals surface area contributed by atoms with E-state index >= 15 is 0 Å². The molecule has 4 heteroatoms. The van der Waals surface area contributed by atoms with Crippen LogP contribution in [0.25, 0.3) is 0 Å². The van der Waals surface area contributed by atoms with Crippen molar-refractivity contribution in [3.05, 3.63) is 69.7 Å². The summed E-state index contributed by atoms with van der Waals surface area (Å²) in [5, 5.41) is 3.11. The van der Waals surface area contributed by atoms with Crippen LogP contribution in [0.5, 0.6) is 0 Å². The first-order chi connectivity index (χ1) is 12.0. The lowest BCUT2D eigenvalue weighted by atomic mass is 9.80. The number of hydrogen-bond donors (Lipinski definition) is 1. The molecule has 1 N–H and O–H groups in total. The molecule has 2 atom stereocenters. The monoisotopic (exact) mass is 399 g/mol. The van der Waals surface area contributed by atoms with Gasteiger partial charge in [-0.15, -0.1) is 0 Å². The number of Topliss-reactive ketones (excluding diaryl/α,β-unsaturated/α-hetero) is 1. The Morgan fingerprint density at radius 2 is 1.76 bits per heavy atom. The normalized spacial score (nSPS) is 18.6. The highest BCUT2D eigenvalue weighted by Gasteiger charge is 2.32. The Hall–Kier alpha value is -1.94. The van der Waals surface area contributed by atoms with Gasteiger partial charge in [-0.2, -0.15) is 0 Å². The summed E-state index contributed by atoms with van der Waals surface area (Å²) >= 11 is 3.44. The first-order valence-electron chi connectivity index (χ1n) is 8.70. The quantitative estimate of drug-likeness (QED) is 0.786. The lowest BCUT2D eigenvalue weighted by molar-refractivity contribution is -0.125. The Morgan fingerprint density at radius 1 is 1.08 bits per heavy atom. The van der Waals surface area contributed by atoms with Gasteiger partial charge in [0.15, 0.2) is 0 Å². The zero-order valence-electron chi connectivity index (χ0n) is 14.3. The Morgan fingerprint density at radius 3 is 2.40 bits per heavy atom. The third-order valence-electron chi connectivity index (χ3n) is 4.83. The van der Waals surface area contributed by atoms with Crippen molar-refractivity contribution in [3.63, 3.8) is 0 Å². The van der Waals surface area contributed by atoms with Crippen LogP contribution in [-0.4, -0.2) is 11.7 Å². The summed E-state index contributed by atoms with van der Waals surface area (Å²) < 4.78 is 0.981. The second-order valence-corrected chi connectivity index (χ2v) is 7.60. The van der Waals surface area contributed by atoms with Gasteiger partial charge >= 0.3 is 0 Å². The van der Waals surface area contributed by atoms with Gasteiger partial charge in [-0.25, -0.2) is 0 Å². The van der Waals surface area contributed by atoms with Crippen molar-refractivity contribution in [3.8, 4) is 0 Å². The van der Waals surface area contributed by atoms with Gasteiger partial charge in [-0.1, -0.05) is 52.2 Å². The molecule has 1 aliphatic rings. The molecule has 1 saturated carbocycles. The predicted molar refractivity (Wildman–Crippen MR) is 102 cm³/mol. The summed E-state index contributed by atoms with van der Waals surface area (Å²) in [6, 6.07) is 15.1. The summed E-state index contributed by atoms with van der Waals surface area (Å²) in [5.74, 6) is -0.0287. The van der Waals surface area contributed by atoms with Gasteiger partial charge in [-0.3, -0.25) is 9.59 Å². The Kier molecular flexibility index (Phi) is 5.69. The molecule has 0 saturated heterocycles. The van der Waals surface area contributed by atoms with Crippen LogP contribution in [0.2, 0.25) is 0 Å². The average molecular weight is 400 g/mol. The van der Waals surface area contributed by atoms with Crippen LogP contribution in [0.1, 0.15) is 53.2 Å². The zero-order valence-corrected chi connectivity index (χ0v) is 15.9. The minimum Gasteiger partial charge on any atom is -0.345 e. The third-order valence-corrected chi connectivity index (χ3v) is 5.36. The van der Waals surface area contributed by atoms with Gasteiger partial charge < -0.3 is 5.32 Å². The van der Waals surface area contributed by atoms with Crippen LogP contribution < -0.4 is 5.32 Å². The molecular weight excluding hydrogens is 378 g/mol. The van der Waals surface area contributed by atoms with Gasteiger partial charge in [0.1, 0.15) is 5.78 Å². The highest BCUT2D eigenvalue weighted by molar-refractivity contribution is 9.10. The van der Waals surface area contributed by atoms with E-state index in [-0.39, 0.29) is 23.7 Å². The van der Waals surface area contributed by atoms with E-state index < -0.39 is 0 Å². The van der Waals surface area contributed by atoms with Crippen LogP contribution in [-0.2, 0) is 4.79 Å². The smallest absolute Gasteiger partial charge is 0.251 e. The fraction of sp³-hybridized carbons (Fsp3) is 0.333. The lowest BCUT2D eigenvalue weighted by Gasteiger charge is -2.30. The van der Waals surface area contributed by atoms with Crippen molar-refractivity contribution < 1.29 is 9.59 Å². The van der Waals surface area contributed by atoms with Gasteiger partial charge in [-0.05, 0) is 49.6 Å². The van der Waals surface area contributed by atoms with Crippen LogP contribution in [0.3, 0.4) is 0 Å². The molecule has 3 nitrogen and oxygen atoms in total. The topological polar surface area (TPSA) is 46.2 Å². The predicted octanol–water partition coefficient (Wildman–Crippen LogP) is 4.99. The molecule has 1 aliphatic carbocycles. The van der Waals surface area contributed by atoms with E-state index in [1.54, 1.807) is 0 Å². The van der Waals surface area contributed by atoms with Crippen molar-refractivity contribution in [1.82, 2.24) is 5.32 Å². The number of aryl methyl sites for hydroxylation is 1. The third kappa shape index (κ3) is 4.37. The molecule has 0 heterocycles. The molecule has 0 bridgehead atoms. The van der Waals surface area contributed by atoms with E-state index in [9.17, 15) is 9.59 Å². The molecule has 0 aromatic heterocycles. The van der Waals surface area contributed by atoms with E-state index in [0.717, 1.165) is 34.9 Å². The van der Waals surface area contributed by atoms with Gasteiger partial charge in [0, 0.05) is 22.4 Å². The molecule has 2 aromatic rings. The van der Waals surface area contributed by atoms with E-state index in [1.165, 1.54) is 0 Å². The van der Waals surface area contributed by atoms with Crippen molar-refractivity contribution in [2.24, 2.45) is 5.92 Å². The minimum absolute atomic E-state index is 0.133. The molecule has 0 spiro atoms. The van der Waals surface area contributed by atoms with Crippen LogP contribution in [0, 0.1) is 12.8 Å². The molecule has 3 rings (SSSR count). The summed E-state index contributed by atoms with van der Waals surface area (Å²) in [6.45, 7) is 1.99. The molecule has 25 heavy (non-hydrogen) atoms. The Balaban J connectivity index is 1.87. The lowest BCUT2D eigenvalue weighted by Crippen LogP contribution is -2.38. The van der Waals surface area contributed by atoms with Gasteiger partial charge in [0.2, 0.25) is 0 Å². The zero-order chi connectivity index (χ0) is 17.8. The fourth-order valence-electron chi connectivity index (χ4n) is 3.38.